The van der Waals surface area contributed by atoms with Crippen LogP contribution in [0.4, 0.5) is 0 Å². The van der Waals surface area contributed by atoms with E-state index in [1.807, 2.05) is 0 Å². The van der Waals surface area contributed by atoms with E-state index in [4.69, 9.17) is 4.74 Å². The summed E-state index contributed by atoms with van der Waals surface area (Å²) in [4.78, 5) is 4.92. The number of rotatable bonds is 7. The Balaban J connectivity index is 1.61. The average Bonchev–Trinajstić information content (AvgIpc) is 2.96. The molecule has 4 heteroatoms. The monoisotopic (exact) mass is 283 g/mol. The van der Waals surface area contributed by atoms with Crippen molar-refractivity contribution in [2.75, 3.05) is 46.8 Å². The Morgan fingerprint density at radius 3 is 2.60 bits per heavy atom. The molecule has 3 atom stereocenters. The van der Waals surface area contributed by atoms with Gasteiger partial charge in [0.15, 0.2) is 0 Å². The van der Waals surface area contributed by atoms with Crippen molar-refractivity contribution in [1.29, 1.82) is 0 Å². The minimum absolute atomic E-state index is 0.424. The highest BCUT2D eigenvalue weighted by molar-refractivity contribution is 4.80. The van der Waals surface area contributed by atoms with Gasteiger partial charge in [0.1, 0.15) is 0 Å². The zero-order valence-electron chi connectivity index (χ0n) is 13.8. The van der Waals surface area contributed by atoms with Crippen LogP contribution in [0.5, 0.6) is 0 Å². The molecule has 0 aromatic heterocycles. The third-order valence-electron chi connectivity index (χ3n) is 4.52. The Hall–Kier alpha value is -0.160. The molecule has 2 fully saturated rings. The number of hydrogen-bond acceptors (Lipinski definition) is 4. The van der Waals surface area contributed by atoms with E-state index < -0.39 is 0 Å². The summed E-state index contributed by atoms with van der Waals surface area (Å²) in [7, 11) is 4.48. The molecular weight excluding hydrogens is 250 g/mol. The van der Waals surface area contributed by atoms with E-state index in [0.717, 1.165) is 19.0 Å². The predicted molar refractivity (Wildman–Crippen MR) is 84.1 cm³/mol. The topological polar surface area (TPSA) is 27.7 Å². The molecule has 3 unspecified atom stereocenters. The summed E-state index contributed by atoms with van der Waals surface area (Å²) < 4.78 is 6.15. The predicted octanol–water partition coefficient (Wildman–Crippen LogP) is 1.42. The highest BCUT2D eigenvalue weighted by atomic mass is 16.5. The van der Waals surface area contributed by atoms with Crippen LogP contribution in [-0.2, 0) is 4.74 Å². The van der Waals surface area contributed by atoms with E-state index in [0.29, 0.717) is 18.2 Å². The van der Waals surface area contributed by atoms with Crippen molar-refractivity contribution in [3.8, 4) is 0 Å². The number of nitrogens with zero attached hydrogens (tertiary/aromatic N) is 2. The van der Waals surface area contributed by atoms with Crippen molar-refractivity contribution < 1.29 is 4.74 Å². The van der Waals surface area contributed by atoms with E-state index in [9.17, 15) is 0 Å². The Labute approximate surface area is 124 Å². The summed E-state index contributed by atoms with van der Waals surface area (Å²) >= 11 is 0. The van der Waals surface area contributed by atoms with E-state index in [1.165, 1.54) is 38.9 Å². The molecule has 0 spiro atoms. The molecule has 20 heavy (non-hydrogen) atoms. The Kier molecular flexibility index (Phi) is 6.27. The molecule has 0 aromatic carbocycles. The summed E-state index contributed by atoms with van der Waals surface area (Å²) in [5, 5.41) is 3.48. The summed E-state index contributed by atoms with van der Waals surface area (Å²) in [6.45, 7) is 10.2. The van der Waals surface area contributed by atoms with Gasteiger partial charge in [-0.1, -0.05) is 13.8 Å². The van der Waals surface area contributed by atoms with Crippen LogP contribution >= 0.6 is 0 Å². The lowest BCUT2D eigenvalue weighted by Gasteiger charge is -2.24. The van der Waals surface area contributed by atoms with Crippen LogP contribution in [0.25, 0.3) is 0 Å². The van der Waals surface area contributed by atoms with Gasteiger partial charge in [0.25, 0.3) is 0 Å². The summed E-state index contributed by atoms with van der Waals surface area (Å²) in [6, 6.07) is 0.555. The minimum Gasteiger partial charge on any atom is -0.372 e. The molecule has 2 rings (SSSR count). The maximum atomic E-state index is 6.15. The van der Waals surface area contributed by atoms with Crippen LogP contribution in [-0.4, -0.2) is 74.9 Å². The van der Waals surface area contributed by atoms with Crippen LogP contribution in [0.3, 0.4) is 0 Å². The first-order chi connectivity index (χ1) is 9.52. The lowest BCUT2D eigenvalue weighted by Crippen LogP contribution is -2.36. The summed E-state index contributed by atoms with van der Waals surface area (Å²) in [6.07, 6.45) is 4.66. The second-order valence-corrected chi connectivity index (χ2v) is 7.16. The third-order valence-corrected chi connectivity index (χ3v) is 4.52. The van der Waals surface area contributed by atoms with Crippen molar-refractivity contribution in [2.24, 2.45) is 5.92 Å². The molecule has 2 saturated heterocycles. The van der Waals surface area contributed by atoms with Gasteiger partial charge in [-0.3, -0.25) is 0 Å². The molecule has 118 valence electrons. The van der Waals surface area contributed by atoms with Crippen molar-refractivity contribution >= 4 is 0 Å². The second kappa shape index (κ2) is 7.74. The fraction of sp³-hybridized carbons (Fsp3) is 1.00. The smallest absolute Gasteiger partial charge is 0.0707 e. The molecule has 2 aliphatic heterocycles. The Morgan fingerprint density at radius 2 is 1.95 bits per heavy atom. The molecule has 1 N–H and O–H groups in total. The van der Waals surface area contributed by atoms with Crippen molar-refractivity contribution in [3.63, 3.8) is 0 Å². The number of ether oxygens (including phenoxy) is 1. The van der Waals surface area contributed by atoms with Crippen LogP contribution < -0.4 is 5.32 Å². The summed E-state index contributed by atoms with van der Waals surface area (Å²) in [5.74, 6) is 0.852. The first-order valence-corrected chi connectivity index (χ1v) is 8.29. The Bertz CT molecular complexity index is 285. The minimum atomic E-state index is 0.424. The lowest BCUT2D eigenvalue weighted by atomic mass is 10.1. The largest absolute Gasteiger partial charge is 0.372 e. The highest BCUT2D eigenvalue weighted by Crippen LogP contribution is 2.21. The first-order valence-electron chi connectivity index (χ1n) is 8.29. The van der Waals surface area contributed by atoms with E-state index in [1.54, 1.807) is 0 Å². The van der Waals surface area contributed by atoms with E-state index in [2.05, 4.69) is 43.1 Å². The van der Waals surface area contributed by atoms with Gasteiger partial charge in [-0.15, -0.1) is 0 Å². The molecule has 2 heterocycles. The van der Waals surface area contributed by atoms with Crippen molar-refractivity contribution in [1.82, 2.24) is 15.1 Å². The molecule has 0 saturated carbocycles. The number of likely N-dealkylation sites (N-methyl/N-ethyl adjacent to an activating group) is 1. The SMILES string of the molecule is CC(C)NCC1CCC(CN(C)CC2CCN(C)C2)O1. The first kappa shape index (κ1) is 16.2. The molecule has 0 aromatic rings. The van der Waals surface area contributed by atoms with Gasteiger partial charge >= 0.3 is 0 Å². The summed E-state index contributed by atoms with van der Waals surface area (Å²) in [5.41, 5.74) is 0. The zero-order chi connectivity index (χ0) is 14.5. The normalized spacial score (nSPS) is 31.8. The maximum absolute atomic E-state index is 6.15. The quantitative estimate of drug-likeness (QED) is 0.765. The van der Waals surface area contributed by atoms with Gasteiger partial charge < -0.3 is 19.9 Å². The zero-order valence-corrected chi connectivity index (χ0v) is 13.8. The van der Waals surface area contributed by atoms with Crippen LogP contribution in [0.2, 0.25) is 0 Å². The van der Waals surface area contributed by atoms with Crippen LogP contribution in [0.15, 0.2) is 0 Å². The van der Waals surface area contributed by atoms with Crippen LogP contribution in [0.1, 0.15) is 33.1 Å². The molecule has 0 bridgehead atoms. The third kappa shape index (κ3) is 5.32. The molecule has 0 amide bonds. The van der Waals surface area contributed by atoms with E-state index >= 15 is 0 Å². The molecular formula is C16H33N3O. The fourth-order valence-electron chi connectivity index (χ4n) is 3.47. The molecule has 2 aliphatic rings. The second-order valence-electron chi connectivity index (χ2n) is 7.16. The van der Waals surface area contributed by atoms with Gasteiger partial charge in [-0.05, 0) is 45.8 Å². The van der Waals surface area contributed by atoms with Crippen LogP contribution in [0, 0.1) is 5.92 Å². The standard InChI is InChI=1S/C16H33N3O/c1-13(2)17-9-15-5-6-16(20-15)12-19(4)11-14-7-8-18(3)10-14/h13-17H,5-12H2,1-4H3. The van der Waals surface area contributed by atoms with Gasteiger partial charge in [-0.25, -0.2) is 0 Å². The number of likely N-dealkylation sites (tertiary alicyclic amines) is 1. The highest BCUT2D eigenvalue weighted by Gasteiger charge is 2.27. The van der Waals surface area contributed by atoms with Gasteiger partial charge in [-0.2, -0.15) is 0 Å². The average molecular weight is 283 g/mol. The molecule has 0 radical (unpaired) electrons. The Morgan fingerprint density at radius 1 is 1.20 bits per heavy atom. The molecule has 0 aliphatic carbocycles. The molecule has 4 nitrogen and oxygen atoms in total. The maximum Gasteiger partial charge on any atom is 0.0707 e. The van der Waals surface area contributed by atoms with Crippen molar-refractivity contribution in [2.45, 2.75) is 51.4 Å². The lowest BCUT2D eigenvalue weighted by molar-refractivity contribution is 0.0250. The fourth-order valence-corrected chi connectivity index (χ4v) is 3.47. The van der Waals surface area contributed by atoms with Gasteiger partial charge in [0.2, 0.25) is 0 Å². The number of nitrogens with one attached hydrogen (secondary N) is 1. The van der Waals surface area contributed by atoms with Crippen molar-refractivity contribution in [3.05, 3.63) is 0 Å². The van der Waals surface area contributed by atoms with Gasteiger partial charge in [0.05, 0.1) is 12.2 Å². The number of hydrogen-bond donors (Lipinski definition) is 1. The van der Waals surface area contributed by atoms with E-state index in [-0.39, 0.29) is 0 Å². The van der Waals surface area contributed by atoms with Gasteiger partial charge in [0, 0.05) is 32.2 Å².